The number of para-hydroxylation sites is 1. The number of hydrogen-bond donors (Lipinski definition) is 0. The third kappa shape index (κ3) is 5.00. The van der Waals surface area contributed by atoms with Crippen LogP contribution in [0.15, 0.2) is 60.7 Å². The molecule has 27 heavy (non-hydrogen) atoms. The summed E-state index contributed by atoms with van der Waals surface area (Å²) in [7, 11) is 0. The topological polar surface area (TPSA) is 20.3 Å². The summed E-state index contributed by atoms with van der Waals surface area (Å²) in [4.78, 5) is 14.8. The fourth-order valence-electron chi connectivity index (χ4n) is 4.41. The first-order valence-corrected chi connectivity index (χ1v) is 10.7. The van der Waals surface area contributed by atoms with Gasteiger partial charge in [-0.3, -0.25) is 4.79 Å². The molecule has 1 saturated heterocycles. The average Bonchev–Trinajstić information content (AvgIpc) is 3.39. The Hall–Kier alpha value is -2.09. The van der Waals surface area contributed by atoms with Gasteiger partial charge in [-0.25, -0.2) is 0 Å². The van der Waals surface area contributed by atoms with Crippen molar-refractivity contribution in [1.29, 1.82) is 0 Å². The number of carbonyl (C=O) groups is 1. The standard InChI is InChI=1S/C21H23NO.2C2H6/c23-21-20(13-14-22(21)19-9-5-2-6-10-19)18-12-11-17(15-18)16-7-3-1-4-8-16;2*1-2/h1-10,17-18,20H,11-15H2;2*1-2H3. The van der Waals surface area contributed by atoms with E-state index >= 15 is 0 Å². The van der Waals surface area contributed by atoms with E-state index in [-0.39, 0.29) is 5.92 Å². The van der Waals surface area contributed by atoms with Gasteiger partial charge >= 0.3 is 0 Å². The molecule has 1 heterocycles. The van der Waals surface area contributed by atoms with E-state index < -0.39 is 0 Å². The monoisotopic (exact) mass is 365 g/mol. The Balaban J connectivity index is 0.000000614. The number of anilines is 1. The molecule has 1 amide bonds. The highest BCUT2D eigenvalue weighted by molar-refractivity contribution is 5.97. The minimum absolute atomic E-state index is 0.226. The van der Waals surface area contributed by atoms with Crippen molar-refractivity contribution >= 4 is 11.6 Å². The van der Waals surface area contributed by atoms with Gasteiger partial charge in [0.2, 0.25) is 5.91 Å². The first kappa shape index (κ1) is 21.2. The van der Waals surface area contributed by atoms with Crippen LogP contribution in [0.4, 0.5) is 5.69 Å². The molecule has 0 radical (unpaired) electrons. The van der Waals surface area contributed by atoms with Crippen LogP contribution in [-0.2, 0) is 4.79 Å². The SMILES string of the molecule is CC.CC.O=C1C(C2CCC(c3ccccc3)C2)CCN1c1ccccc1. The van der Waals surface area contributed by atoms with Crippen LogP contribution in [0.2, 0.25) is 0 Å². The maximum Gasteiger partial charge on any atom is 0.230 e. The quantitative estimate of drug-likeness (QED) is 0.594. The van der Waals surface area contributed by atoms with Gasteiger partial charge in [-0.2, -0.15) is 0 Å². The Morgan fingerprint density at radius 1 is 0.778 bits per heavy atom. The summed E-state index contributed by atoms with van der Waals surface area (Å²) in [5, 5.41) is 0. The average molecular weight is 366 g/mol. The lowest BCUT2D eigenvalue weighted by atomic mass is 9.87. The third-order valence-corrected chi connectivity index (χ3v) is 5.63. The molecule has 2 fully saturated rings. The second kappa shape index (κ2) is 10.9. The molecule has 2 aromatic carbocycles. The van der Waals surface area contributed by atoms with Crippen LogP contribution in [0, 0.1) is 11.8 Å². The fourth-order valence-corrected chi connectivity index (χ4v) is 4.41. The van der Waals surface area contributed by atoms with E-state index in [0.717, 1.165) is 18.7 Å². The molecular weight excluding hydrogens is 330 g/mol. The first-order valence-electron chi connectivity index (χ1n) is 10.7. The number of benzene rings is 2. The number of rotatable bonds is 3. The van der Waals surface area contributed by atoms with E-state index in [9.17, 15) is 4.79 Å². The summed E-state index contributed by atoms with van der Waals surface area (Å²) in [6.07, 6.45) is 4.60. The summed E-state index contributed by atoms with van der Waals surface area (Å²) in [5.41, 5.74) is 2.50. The zero-order valence-corrected chi connectivity index (χ0v) is 17.4. The van der Waals surface area contributed by atoms with Crippen molar-refractivity contribution in [3.05, 3.63) is 66.2 Å². The van der Waals surface area contributed by atoms with Crippen LogP contribution in [0.1, 0.15) is 64.9 Å². The van der Waals surface area contributed by atoms with E-state index in [1.165, 1.54) is 24.8 Å². The molecule has 4 rings (SSSR count). The molecule has 3 atom stereocenters. The Morgan fingerprint density at radius 2 is 1.37 bits per heavy atom. The van der Waals surface area contributed by atoms with E-state index in [2.05, 4.69) is 30.3 Å². The van der Waals surface area contributed by atoms with Gasteiger partial charge in [-0.05, 0) is 55.2 Å². The molecule has 2 aromatic rings. The highest BCUT2D eigenvalue weighted by Gasteiger charge is 2.41. The maximum atomic E-state index is 12.9. The minimum atomic E-state index is 0.226. The van der Waals surface area contributed by atoms with E-state index in [0.29, 0.717) is 17.7 Å². The number of amides is 1. The molecule has 2 nitrogen and oxygen atoms in total. The molecule has 0 bridgehead atoms. The van der Waals surface area contributed by atoms with Crippen molar-refractivity contribution in [2.45, 2.75) is 59.3 Å². The van der Waals surface area contributed by atoms with Crippen molar-refractivity contribution in [3.8, 4) is 0 Å². The molecular formula is C25H35NO. The van der Waals surface area contributed by atoms with Gasteiger partial charge < -0.3 is 4.90 Å². The maximum absolute atomic E-state index is 12.9. The van der Waals surface area contributed by atoms with Gasteiger partial charge in [0.15, 0.2) is 0 Å². The van der Waals surface area contributed by atoms with Crippen molar-refractivity contribution in [3.63, 3.8) is 0 Å². The first-order chi connectivity index (χ1) is 13.3. The number of carbonyl (C=O) groups excluding carboxylic acids is 1. The van der Waals surface area contributed by atoms with Crippen molar-refractivity contribution in [1.82, 2.24) is 0 Å². The normalized spacial score (nSPS) is 23.9. The molecule has 0 N–H and O–H groups in total. The molecule has 2 heteroatoms. The highest BCUT2D eigenvalue weighted by Crippen LogP contribution is 2.44. The van der Waals surface area contributed by atoms with Gasteiger partial charge in [0.1, 0.15) is 0 Å². The summed E-state index contributed by atoms with van der Waals surface area (Å²) >= 11 is 0. The predicted molar refractivity (Wildman–Crippen MR) is 116 cm³/mol. The van der Waals surface area contributed by atoms with Crippen molar-refractivity contribution in [2.24, 2.45) is 11.8 Å². The largest absolute Gasteiger partial charge is 0.312 e. The Labute approximate surface area is 165 Å². The predicted octanol–water partition coefficient (Wildman–Crippen LogP) is 6.68. The van der Waals surface area contributed by atoms with E-state index in [1.807, 2.05) is 62.9 Å². The molecule has 1 aliphatic carbocycles. The second-order valence-corrected chi connectivity index (χ2v) is 6.90. The smallest absolute Gasteiger partial charge is 0.230 e. The summed E-state index contributed by atoms with van der Waals surface area (Å²) in [6, 6.07) is 20.9. The van der Waals surface area contributed by atoms with Gasteiger partial charge in [0.05, 0.1) is 0 Å². The lowest BCUT2D eigenvalue weighted by Crippen LogP contribution is -2.29. The Kier molecular flexibility index (Phi) is 8.57. The van der Waals surface area contributed by atoms with Crippen LogP contribution < -0.4 is 4.90 Å². The van der Waals surface area contributed by atoms with Crippen LogP contribution >= 0.6 is 0 Å². The Bertz CT molecular complexity index is 667. The second-order valence-electron chi connectivity index (χ2n) is 6.90. The minimum Gasteiger partial charge on any atom is -0.312 e. The molecule has 0 aromatic heterocycles. The van der Waals surface area contributed by atoms with E-state index in [1.54, 1.807) is 0 Å². The third-order valence-electron chi connectivity index (χ3n) is 5.63. The lowest BCUT2D eigenvalue weighted by molar-refractivity contribution is -0.121. The zero-order valence-electron chi connectivity index (χ0n) is 17.4. The number of hydrogen-bond acceptors (Lipinski definition) is 1. The lowest BCUT2D eigenvalue weighted by Gasteiger charge is -2.20. The van der Waals surface area contributed by atoms with Crippen molar-refractivity contribution in [2.75, 3.05) is 11.4 Å². The van der Waals surface area contributed by atoms with Crippen LogP contribution in [0.25, 0.3) is 0 Å². The molecule has 146 valence electrons. The van der Waals surface area contributed by atoms with E-state index in [4.69, 9.17) is 0 Å². The Morgan fingerprint density at radius 3 is 2.00 bits per heavy atom. The van der Waals surface area contributed by atoms with Crippen LogP contribution in [0.5, 0.6) is 0 Å². The number of nitrogens with zero attached hydrogens (tertiary/aromatic N) is 1. The van der Waals surface area contributed by atoms with Gasteiger partial charge in [0.25, 0.3) is 0 Å². The van der Waals surface area contributed by atoms with Gasteiger partial charge in [-0.15, -0.1) is 0 Å². The van der Waals surface area contributed by atoms with Gasteiger partial charge in [0, 0.05) is 18.2 Å². The molecule has 1 aliphatic heterocycles. The summed E-state index contributed by atoms with van der Waals surface area (Å²) in [5.74, 6) is 1.76. The van der Waals surface area contributed by atoms with Crippen LogP contribution in [-0.4, -0.2) is 12.5 Å². The zero-order chi connectivity index (χ0) is 19.6. The summed E-state index contributed by atoms with van der Waals surface area (Å²) in [6.45, 7) is 8.88. The summed E-state index contributed by atoms with van der Waals surface area (Å²) < 4.78 is 0. The highest BCUT2D eigenvalue weighted by atomic mass is 16.2. The molecule has 1 saturated carbocycles. The molecule has 3 unspecified atom stereocenters. The van der Waals surface area contributed by atoms with Crippen LogP contribution in [0.3, 0.4) is 0 Å². The molecule has 0 spiro atoms. The molecule has 2 aliphatic rings. The fraction of sp³-hybridized carbons (Fsp3) is 0.480. The van der Waals surface area contributed by atoms with Gasteiger partial charge in [-0.1, -0.05) is 76.2 Å². The van der Waals surface area contributed by atoms with Crippen molar-refractivity contribution < 1.29 is 4.79 Å².